The SMILES string of the molecule is CCCN(CC(=O)N(Cc1ccccc1)Cc1cccn1Cc1ccc(F)cc1)C(=O)c1ccco1. The molecular weight excluding hydrogens is 457 g/mol. The molecule has 0 spiro atoms. The van der Waals surface area contributed by atoms with Gasteiger partial charge in [-0.05, 0) is 53.9 Å². The van der Waals surface area contributed by atoms with Crippen molar-refractivity contribution in [2.75, 3.05) is 13.1 Å². The van der Waals surface area contributed by atoms with Crippen LogP contribution in [-0.4, -0.2) is 39.3 Å². The fourth-order valence-electron chi connectivity index (χ4n) is 4.11. The van der Waals surface area contributed by atoms with Crippen molar-refractivity contribution in [2.45, 2.75) is 33.0 Å². The van der Waals surface area contributed by atoms with Crippen molar-refractivity contribution < 1.29 is 18.4 Å². The van der Waals surface area contributed by atoms with Gasteiger partial charge in [0.25, 0.3) is 5.91 Å². The average Bonchev–Trinajstić information content (AvgIpc) is 3.58. The Labute approximate surface area is 210 Å². The summed E-state index contributed by atoms with van der Waals surface area (Å²) in [5.41, 5.74) is 2.91. The van der Waals surface area contributed by atoms with Gasteiger partial charge in [0.2, 0.25) is 5.91 Å². The summed E-state index contributed by atoms with van der Waals surface area (Å²) in [6.07, 6.45) is 4.13. The molecule has 186 valence electrons. The summed E-state index contributed by atoms with van der Waals surface area (Å²) in [5, 5.41) is 0. The van der Waals surface area contributed by atoms with Crippen LogP contribution in [0.15, 0.2) is 95.7 Å². The van der Waals surface area contributed by atoms with Crippen LogP contribution in [0.4, 0.5) is 4.39 Å². The molecule has 2 amide bonds. The third-order valence-corrected chi connectivity index (χ3v) is 5.95. The normalized spacial score (nSPS) is 10.8. The minimum absolute atomic E-state index is 0.0428. The van der Waals surface area contributed by atoms with E-state index in [0.717, 1.165) is 23.2 Å². The third kappa shape index (κ3) is 6.50. The fourth-order valence-corrected chi connectivity index (χ4v) is 4.11. The molecule has 0 aliphatic heterocycles. The van der Waals surface area contributed by atoms with Crippen molar-refractivity contribution in [1.29, 1.82) is 0 Å². The summed E-state index contributed by atoms with van der Waals surface area (Å²) in [7, 11) is 0. The van der Waals surface area contributed by atoms with E-state index in [0.29, 0.717) is 26.2 Å². The summed E-state index contributed by atoms with van der Waals surface area (Å²) in [6, 6.07) is 23.4. The van der Waals surface area contributed by atoms with Crippen LogP contribution in [0.2, 0.25) is 0 Å². The van der Waals surface area contributed by atoms with Gasteiger partial charge < -0.3 is 18.8 Å². The molecule has 4 rings (SSSR count). The van der Waals surface area contributed by atoms with Crippen molar-refractivity contribution in [3.63, 3.8) is 0 Å². The number of rotatable bonds is 11. The molecule has 0 bridgehead atoms. The van der Waals surface area contributed by atoms with E-state index < -0.39 is 0 Å². The molecule has 0 saturated heterocycles. The van der Waals surface area contributed by atoms with E-state index in [1.165, 1.54) is 23.3 Å². The van der Waals surface area contributed by atoms with Gasteiger partial charge in [0, 0.05) is 31.5 Å². The minimum atomic E-state index is -0.297. The Kier molecular flexibility index (Phi) is 8.34. The lowest BCUT2D eigenvalue weighted by Gasteiger charge is -2.28. The molecule has 0 aliphatic carbocycles. The van der Waals surface area contributed by atoms with Gasteiger partial charge in [-0.2, -0.15) is 0 Å². The summed E-state index contributed by atoms with van der Waals surface area (Å²) in [4.78, 5) is 29.8. The molecule has 0 radical (unpaired) electrons. The van der Waals surface area contributed by atoms with Crippen LogP contribution in [0.1, 0.15) is 40.7 Å². The van der Waals surface area contributed by atoms with Gasteiger partial charge in [-0.15, -0.1) is 0 Å². The van der Waals surface area contributed by atoms with Crippen molar-refractivity contribution in [3.8, 4) is 0 Å². The second-order valence-corrected chi connectivity index (χ2v) is 8.69. The van der Waals surface area contributed by atoms with Gasteiger partial charge >= 0.3 is 0 Å². The van der Waals surface area contributed by atoms with E-state index in [2.05, 4.69) is 4.57 Å². The monoisotopic (exact) mass is 487 g/mol. The molecule has 4 aromatic rings. The molecule has 0 aliphatic rings. The van der Waals surface area contributed by atoms with Crippen molar-refractivity contribution >= 4 is 11.8 Å². The molecule has 0 saturated carbocycles. The van der Waals surface area contributed by atoms with Gasteiger partial charge in [-0.3, -0.25) is 9.59 Å². The van der Waals surface area contributed by atoms with E-state index in [-0.39, 0.29) is 29.9 Å². The van der Waals surface area contributed by atoms with E-state index in [1.54, 1.807) is 29.2 Å². The van der Waals surface area contributed by atoms with Crippen LogP contribution in [0.3, 0.4) is 0 Å². The maximum absolute atomic E-state index is 13.6. The maximum Gasteiger partial charge on any atom is 0.290 e. The lowest BCUT2D eigenvalue weighted by molar-refractivity contribution is -0.133. The second kappa shape index (κ2) is 12.0. The Morgan fingerprint density at radius 3 is 2.33 bits per heavy atom. The first-order valence-corrected chi connectivity index (χ1v) is 12.1. The van der Waals surface area contributed by atoms with Crippen LogP contribution < -0.4 is 0 Å². The predicted octanol–water partition coefficient (Wildman–Crippen LogP) is 5.35. The number of benzene rings is 2. The van der Waals surface area contributed by atoms with Crippen LogP contribution >= 0.6 is 0 Å². The number of carbonyl (C=O) groups is 2. The Hall–Kier alpha value is -4.13. The summed E-state index contributed by atoms with van der Waals surface area (Å²) >= 11 is 0. The zero-order chi connectivity index (χ0) is 25.3. The number of aromatic nitrogens is 1. The second-order valence-electron chi connectivity index (χ2n) is 8.69. The summed E-state index contributed by atoms with van der Waals surface area (Å²) in [6.45, 7) is 3.73. The molecule has 0 atom stereocenters. The molecule has 0 N–H and O–H groups in total. The highest BCUT2D eigenvalue weighted by Crippen LogP contribution is 2.15. The highest BCUT2D eigenvalue weighted by atomic mass is 19.1. The number of furan rings is 1. The largest absolute Gasteiger partial charge is 0.459 e. The third-order valence-electron chi connectivity index (χ3n) is 5.95. The maximum atomic E-state index is 13.6. The van der Waals surface area contributed by atoms with Crippen molar-refractivity contribution in [1.82, 2.24) is 14.4 Å². The van der Waals surface area contributed by atoms with E-state index in [4.69, 9.17) is 4.42 Å². The number of hydrogen-bond acceptors (Lipinski definition) is 3. The number of amides is 2. The molecule has 36 heavy (non-hydrogen) atoms. The molecular formula is C29H30FN3O3. The smallest absolute Gasteiger partial charge is 0.290 e. The number of halogens is 1. The summed E-state index contributed by atoms with van der Waals surface area (Å²) in [5.74, 6) is -0.498. The van der Waals surface area contributed by atoms with Crippen LogP contribution in [0, 0.1) is 5.82 Å². The Morgan fingerprint density at radius 2 is 1.64 bits per heavy atom. The standard InChI is InChI=1S/C29H30FN3O3/c1-2-16-32(29(35)27-11-7-18-36-27)22-28(34)33(20-23-8-4-3-5-9-23)21-26-10-6-17-31(26)19-24-12-14-25(30)15-13-24/h3-15,17-18H,2,16,19-22H2,1H3. The van der Waals surface area contributed by atoms with Gasteiger partial charge in [0.15, 0.2) is 5.76 Å². The van der Waals surface area contributed by atoms with E-state index in [1.807, 2.05) is 55.6 Å². The fraction of sp³-hybridized carbons (Fsp3) is 0.241. The van der Waals surface area contributed by atoms with Crippen LogP contribution in [0.5, 0.6) is 0 Å². The first-order chi connectivity index (χ1) is 17.5. The van der Waals surface area contributed by atoms with Crippen LogP contribution in [-0.2, 0) is 24.4 Å². The lowest BCUT2D eigenvalue weighted by atomic mass is 10.2. The van der Waals surface area contributed by atoms with E-state index in [9.17, 15) is 14.0 Å². The molecule has 2 heterocycles. The zero-order valence-electron chi connectivity index (χ0n) is 20.3. The molecule has 0 unspecified atom stereocenters. The first-order valence-electron chi connectivity index (χ1n) is 12.1. The minimum Gasteiger partial charge on any atom is -0.459 e. The molecule has 6 nitrogen and oxygen atoms in total. The quantitative estimate of drug-likeness (QED) is 0.287. The highest BCUT2D eigenvalue weighted by Gasteiger charge is 2.24. The number of nitrogens with zero attached hydrogens (tertiary/aromatic N) is 3. The van der Waals surface area contributed by atoms with Crippen molar-refractivity contribution in [3.05, 3.63) is 120 Å². The highest BCUT2D eigenvalue weighted by molar-refractivity contribution is 5.94. The Balaban J connectivity index is 1.54. The van der Waals surface area contributed by atoms with Gasteiger partial charge in [-0.1, -0.05) is 49.4 Å². The van der Waals surface area contributed by atoms with E-state index >= 15 is 0 Å². The molecule has 2 aromatic carbocycles. The summed E-state index contributed by atoms with van der Waals surface area (Å²) < 4.78 is 20.7. The number of carbonyl (C=O) groups excluding carboxylic acids is 2. The first kappa shape index (κ1) is 25.0. The zero-order valence-corrected chi connectivity index (χ0v) is 20.3. The van der Waals surface area contributed by atoms with Crippen LogP contribution in [0.25, 0.3) is 0 Å². The van der Waals surface area contributed by atoms with Gasteiger partial charge in [-0.25, -0.2) is 4.39 Å². The number of hydrogen-bond donors (Lipinski definition) is 0. The molecule has 0 fully saturated rings. The molecule has 2 aromatic heterocycles. The van der Waals surface area contributed by atoms with Gasteiger partial charge in [0.05, 0.1) is 12.8 Å². The topological polar surface area (TPSA) is 58.7 Å². The lowest BCUT2D eigenvalue weighted by Crippen LogP contribution is -2.43. The Bertz CT molecular complexity index is 1250. The molecule has 7 heteroatoms. The predicted molar refractivity (Wildman–Crippen MR) is 136 cm³/mol. The van der Waals surface area contributed by atoms with Crippen molar-refractivity contribution in [2.24, 2.45) is 0 Å². The average molecular weight is 488 g/mol. The van der Waals surface area contributed by atoms with Gasteiger partial charge in [0.1, 0.15) is 12.4 Å². The Morgan fingerprint density at radius 1 is 0.861 bits per heavy atom.